The van der Waals surface area contributed by atoms with Gasteiger partial charge in [-0.2, -0.15) is 0 Å². The van der Waals surface area contributed by atoms with Gasteiger partial charge < -0.3 is 10.1 Å². The Bertz CT molecular complexity index is 316. The first-order valence-corrected chi connectivity index (χ1v) is 5.95. The van der Waals surface area contributed by atoms with E-state index in [9.17, 15) is 8.78 Å². The molecule has 0 radical (unpaired) electrons. The monoisotopic (exact) mass is 243 g/mol. The maximum absolute atomic E-state index is 13.6. The number of nitrogens with one attached hydrogen (secondary N) is 1. The molecule has 0 spiro atoms. The molecule has 1 rings (SSSR count). The first kappa shape index (κ1) is 14.1. The van der Waals surface area contributed by atoms with Gasteiger partial charge >= 0.3 is 0 Å². The molecule has 1 unspecified atom stereocenters. The molecule has 0 heterocycles. The molecule has 0 bridgehead atoms. The van der Waals surface area contributed by atoms with Crippen LogP contribution in [0.2, 0.25) is 0 Å². The van der Waals surface area contributed by atoms with Crippen LogP contribution >= 0.6 is 0 Å². The maximum atomic E-state index is 13.6. The van der Waals surface area contributed by atoms with Gasteiger partial charge in [0.1, 0.15) is 11.6 Å². The Morgan fingerprint density at radius 1 is 1.24 bits per heavy atom. The molecule has 17 heavy (non-hydrogen) atoms. The van der Waals surface area contributed by atoms with Crippen LogP contribution in [-0.4, -0.2) is 19.8 Å². The highest BCUT2D eigenvalue weighted by atomic mass is 19.1. The van der Waals surface area contributed by atoms with Crippen LogP contribution in [0.1, 0.15) is 31.9 Å². The number of benzene rings is 1. The molecule has 0 amide bonds. The zero-order chi connectivity index (χ0) is 12.7. The average Bonchev–Trinajstić information content (AvgIpc) is 2.31. The van der Waals surface area contributed by atoms with Crippen molar-refractivity contribution in [3.63, 3.8) is 0 Å². The molecular formula is C13H19F2NO. The summed E-state index contributed by atoms with van der Waals surface area (Å²) < 4.78 is 32.5. The zero-order valence-corrected chi connectivity index (χ0v) is 10.3. The Kier molecular flexibility index (Phi) is 6.08. The second-order valence-electron chi connectivity index (χ2n) is 3.80. The van der Waals surface area contributed by atoms with Gasteiger partial charge in [0, 0.05) is 12.2 Å². The Morgan fingerprint density at radius 2 is 1.88 bits per heavy atom. The van der Waals surface area contributed by atoms with Crippen molar-refractivity contribution in [2.24, 2.45) is 0 Å². The van der Waals surface area contributed by atoms with Crippen molar-refractivity contribution in [1.82, 2.24) is 5.32 Å². The number of rotatable bonds is 7. The number of hydrogen-bond donors (Lipinski definition) is 1. The summed E-state index contributed by atoms with van der Waals surface area (Å²) in [6, 6.07) is 3.47. The van der Waals surface area contributed by atoms with Crippen molar-refractivity contribution in [2.45, 2.75) is 26.3 Å². The lowest BCUT2D eigenvalue weighted by atomic mass is 10.1. The Hall–Kier alpha value is -1.00. The second-order valence-corrected chi connectivity index (χ2v) is 3.80. The number of halogens is 2. The summed E-state index contributed by atoms with van der Waals surface area (Å²) >= 11 is 0. The van der Waals surface area contributed by atoms with Gasteiger partial charge in [-0.05, 0) is 32.0 Å². The van der Waals surface area contributed by atoms with Gasteiger partial charge in [-0.25, -0.2) is 8.78 Å². The van der Waals surface area contributed by atoms with E-state index in [0.717, 1.165) is 6.42 Å². The van der Waals surface area contributed by atoms with Crippen molar-refractivity contribution < 1.29 is 13.5 Å². The molecule has 1 aromatic carbocycles. The summed E-state index contributed by atoms with van der Waals surface area (Å²) in [6.45, 7) is 5.36. The smallest absolute Gasteiger partial charge is 0.131 e. The summed E-state index contributed by atoms with van der Waals surface area (Å²) in [4.78, 5) is 0. The molecule has 96 valence electrons. The summed E-state index contributed by atoms with van der Waals surface area (Å²) in [5, 5.41) is 3.10. The summed E-state index contributed by atoms with van der Waals surface area (Å²) in [7, 11) is 0. The normalized spacial score (nSPS) is 12.7. The van der Waals surface area contributed by atoms with E-state index in [1.807, 2.05) is 13.8 Å². The summed E-state index contributed by atoms with van der Waals surface area (Å²) in [6.07, 6.45) is 0.901. The Labute approximate surface area is 101 Å². The van der Waals surface area contributed by atoms with Crippen LogP contribution in [0.15, 0.2) is 18.2 Å². The standard InChI is InChI=1S/C13H19F2NO/c1-3-8-16-12(9-17-4-2)13-10(14)6-5-7-11(13)15/h5-7,12,16H,3-4,8-9H2,1-2H3. The first-order chi connectivity index (χ1) is 8.20. The lowest BCUT2D eigenvalue weighted by Crippen LogP contribution is -2.28. The molecule has 0 aliphatic rings. The van der Waals surface area contributed by atoms with E-state index >= 15 is 0 Å². The van der Waals surface area contributed by atoms with Crippen molar-refractivity contribution in [3.05, 3.63) is 35.4 Å². The van der Waals surface area contributed by atoms with Gasteiger partial charge in [-0.3, -0.25) is 0 Å². The van der Waals surface area contributed by atoms with E-state index in [1.165, 1.54) is 18.2 Å². The molecule has 1 atom stereocenters. The van der Waals surface area contributed by atoms with Crippen molar-refractivity contribution in [1.29, 1.82) is 0 Å². The highest BCUT2D eigenvalue weighted by Crippen LogP contribution is 2.21. The molecule has 1 aromatic rings. The molecule has 2 nitrogen and oxygen atoms in total. The molecule has 0 aromatic heterocycles. The Balaban J connectivity index is 2.86. The predicted molar refractivity (Wildman–Crippen MR) is 63.9 cm³/mol. The quantitative estimate of drug-likeness (QED) is 0.794. The van der Waals surface area contributed by atoms with Crippen LogP contribution in [0, 0.1) is 11.6 Å². The summed E-state index contributed by atoms with van der Waals surface area (Å²) in [5.41, 5.74) is 0.0643. The van der Waals surface area contributed by atoms with E-state index in [-0.39, 0.29) is 12.2 Å². The van der Waals surface area contributed by atoms with Crippen LogP contribution < -0.4 is 5.32 Å². The second kappa shape index (κ2) is 7.35. The third-order valence-corrected chi connectivity index (χ3v) is 2.48. The third-order valence-electron chi connectivity index (χ3n) is 2.48. The van der Waals surface area contributed by atoms with Crippen LogP contribution in [-0.2, 0) is 4.74 Å². The molecule has 4 heteroatoms. The lowest BCUT2D eigenvalue weighted by Gasteiger charge is -2.19. The maximum Gasteiger partial charge on any atom is 0.131 e. The SMILES string of the molecule is CCCNC(COCC)c1c(F)cccc1F. The highest BCUT2D eigenvalue weighted by molar-refractivity contribution is 5.23. The fraction of sp³-hybridized carbons (Fsp3) is 0.538. The van der Waals surface area contributed by atoms with Crippen LogP contribution in [0.5, 0.6) is 0 Å². The van der Waals surface area contributed by atoms with Gasteiger partial charge in [0.05, 0.1) is 12.6 Å². The van der Waals surface area contributed by atoms with E-state index in [4.69, 9.17) is 4.74 Å². The highest BCUT2D eigenvalue weighted by Gasteiger charge is 2.19. The van der Waals surface area contributed by atoms with E-state index in [0.29, 0.717) is 13.2 Å². The third kappa shape index (κ3) is 4.06. The van der Waals surface area contributed by atoms with E-state index in [2.05, 4.69) is 5.32 Å². The zero-order valence-electron chi connectivity index (χ0n) is 10.3. The fourth-order valence-corrected chi connectivity index (χ4v) is 1.64. The molecule has 0 aliphatic heterocycles. The van der Waals surface area contributed by atoms with Gasteiger partial charge in [-0.1, -0.05) is 13.0 Å². The topological polar surface area (TPSA) is 21.3 Å². The lowest BCUT2D eigenvalue weighted by molar-refractivity contribution is 0.120. The van der Waals surface area contributed by atoms with Crippen molar-refractivity contribution in [3.8, 4) is 0 Å². The van der Waals surface area contributed by atoms with E-state index < -0.39 is 17.7 Å². The number of ether oxygens (including phenoxy) is 1. The molecular weight excluding hydrogens is 224 g/mol. The molecule has 0 saturated heterocycles. The molecule has 0 saturated carbocycles. The van der Waals surface area contributed by atoms with Gasteiger partial charge in [0.15, 0.2) is 0 Å². The Morgan fingerprint density at radius 3 is 2.41 bits per heavy atom. The molecule has 0 aliphatic carbocycles. The van der Waals surface area contributed by atoms with Crippen LogP contribution in [0.4, 0.5) is 8.78 Å². The molecule has 1 N–H and O–H groups in total. The van der Waals surface area contributed by atoms with Gasteiger partial charge in [0.25, 0.3) is 0 Å². The van der Waals surface area contributed by atoms with Gasteiger partial charge in [0.2, 0.25) is 0 Å². The first-order valence-electron chi connectivity index (χ1n) is 5.95. The fourth-order valence-electron chi connectivity index (χ4n) is 1.64. The van der Waals surface area contributed by atoms with Crippen molar-refractivity contribution in [2.75, 3.05) is 19.8 Å². The average molecular weight is 243 g/mol. The minimum atomic E-state index is -0.529. The molecule has 0 fully saturated rings. The van der Waals surface area contributed by atoms with Crippen LogP contribution in [0.3, 0.4) is 0 Å². The van der Waals surface area contributed by atoms with Gasteiger partial charge in [-0.15, -0.1) is 0 Å². The minimum Gasteiger partial charge on any atom is -0.380 e. The van der Waals surface area contributed by atoms with E-state index in [1.54, 1.807) is 0 Å². The minimum absolute atomic E-state index is 0.0643. The largest absolute Gasteiger partial charge is 0.380 e. The summed E-state index contributed by atoms with van der Waals surface area (Å²) in [5.74, 6) is -1.06. The van der Waals surface area contributed by atoms with Crippen molar-refractivity contribution >= 4 is 0 Å². The predicted octanol–water partition coefficient (Wildman–Crippen LogP) is 3.04. The van der Waals surface area contributed by atoms with Crippen LogP contribution in [0.25, 0.3) is 0 Å². The number of hydrogen-bond acceptors (Lipinski definition) is 2.